The van der Waals surface area contributed by atoms with Gasteiger partial charge in [-0.1, -0.05) is 229 Å². The number of hydrogen-bond acceptors (Lipinski definition) is 6. The molecular formula is C59H102O6. The summed E-state index contributed by atoms with van der Waals surface area (Å²) in [6, 6.07) is 0. The van der Waals surface area contributed by atoms with Gasteiger partial charge in [-0.25, -0.2) is 0 Å². The highest BCUT2D eigenvalue weighted by atomic mass is 16.6. The summed E-state index contributed by atoms with van der Waals surface area (Å²) >= 11 is 0. The van der Waals surface area contributed by atoms with Crippen LogP contribution in [0, 0.1) is 0 Å². The van der Waals surface area contributed by atoms with Crippen molar-refractivity contribution in [1.29, 1.82) is 0 Å². The predicted molar refractivity (Wildman–Crippen MR) is 279 cm³/mol. The van der Waals surface area contributed by atoms with E-state index in [4.69, 9.17) is 14.2 Å². The van der Waals surface area contributed by atoms with E-state index in [9.17, 15) is 14.4 Å². The number of hydrogen-bond donors (Lipinski definition) is 0. The first-order chi connectivity index (χ1) is 32.0. The summed E-state index contributed by atoms with van der Waals surface area (Å²) in [7, 11) is 0. The van der Waals surface area contributed by atoms with E-state index in [2.05, 4.69) is 93.7 Å². The monoisotopic (exact) mass is 907 g/mol. The zero-order valence-corrected chi connectivity index (χ0v) is 42.7. The van der Waals surface area contributed by atoms with E-state index in [1.165, 1.54) is 128 Å². The Morgan fingerprint density at radius 3 is 1.00 bits per heavy atom. The molecule has 0 aliphatic rings. The summed E-state index contributed by atoms with van der Waals surface area (Å²) in [6.45, 7) is 6.47. The molecule has 6 nitrogen and oxygen atoms in total. The Morgan fingerprint density at radius 1 is 0.323 bits per heavy atom. The lowest BCUT2D eigenvalue weighted by atomic mass is 10.0. The summed E-state index contributed by atoms with van der Waals surface area (Å²) in [5.41, 5.74) is 0. The maximum Gasteiger partial charge on any atom is 0.306 e. The third-order valence-corrected chi connectivity index (χ3v) is 11.7. The maximum absolute atomic E-state index is 12.8. The van der Waals surface area contributed by atoms with Crippen molar-refractivity contribution in [3.05, 3.63) is 72.9 Å². The van der Waals surface area contributed by atoms with Gasteiger partial charge in [-0.3, -0.25) is 14.4 Å². The molecule has 65 heavy (non-hydrogen) atoms. The molecule has 0 aromatic carbocycles. The van der Waals surface area contributed by atoms with E-state index in [0.29, 0.717) is 19.3 Å². The van der Waals surface area contributed by atoms with Crippen molar-refractivity contribution in [3.63, 3.8) is 0 Å². The molecule has 0 heterocycles. The van der Waals surface area contributed by atoms with Crippen molar-refractivity contribution in [2.24, 2.45) is 0 Å². The van der Waals surface area contributed by atoms with Gasteiger partial charge in [0.1, 0.15) is 13.2 Å². The van der Waals surface area contributed by atoms with Crippen LogP contribution in [0.15, 0.2) is 72.9 Å². The minimum Gasteiger partial charge on any atom is -0.462 e. The first-order valence-corrected chi connectivity index (χ1v) is 27.4. The molecule has 0 fully saturated rings. The summed E-state index contributed by atoms with van der Waals surface area (Å²) in [4.78, 5) is 38.1. The Kier molecular flexibility index (Phi) is 50.9. The fourth-order valence-electron chi connectivity index (χ4n) is 7.58. The third kappa shape index (κ3) is 51.7. The van der Waals surface area contributed by atoms with E-state index in [0.717, 1.165) is 89.9 Å². The summed E-state index contributed by atoms with van der Waals surface area (Å²) < 4.78 is 16.8. The second-order valence-electron chi connectivity index (χ2n) is 18.1. The number of ether oxygens (including phenoxy) is 3. The molecule has 6 heteroatoms. The van der Waals surface area contributed by atoms with Crippen molar-refractivity contribution in [3.8, 4) is 0 Å². The van der Waals surface area contributed by atoms with E-state index < -0.39 is 6.10 Å². The molecule has 0 radical (unpaired) electrons. The Hall–Kier alpha value is -3.15. The predicted octanol–water partition coefficient (Wildman–Crippen LogP) is 18.2. The van der Waals surface area contributed by atoms with Gasteiger partial charge in [0.15, 0.2) is 6.10 Å². The van der Waals surface area contributed by atoms with Gasteiger partial charge >= 0.3 is 17.9 Å². The van der Waals surface area contributed by atoms with Gasteiger partial charge in [0.25, 0.3) is 0 Å². The van der Waals surface area contributed by atoms with Crippen molar-refractivity contribution < 1.29 is 28.6 Å². The molecule has 0 saturated heterocycles. The average Bonchev–Trinajstić information content (AvgIpc) is 3.30. The number of allylic oxidation sites excluding steroid dienone is 12. The molecule has 0 aliphatic carbocycles. The Morgan fingerprint density at radius 2 is 0.600 bits per heavy atom. The highest BCUT2D eigenvalue weighted by Crippen LogP contribution is 2.15. The van der Waals surface area contributed by atoms with Crippen LogP contribution in [0.5, 0.6) is 0 Å². The highest BCUT2D eigenvalue weighted by Gasteiger charge is 2.19. The van der Waals surface area contributed by atoms with Crippen molar-refractivity contribution in [2.45, 2.75) is 271 Å². The summed E-state index contributed by atoms with van der Waals surface area (Å²) in [5.74, 6) is -0.936. The van der Waals surface area contributed by atoms with Crippen LogP contribution in [0.2, 0.25) is 0 Å². The molecule has 1 atom stereocenters. The molecular weight excluding hydrogens is 805 g/mol. The SMILES string of the molecule is CC/C=C\C/C=C\C/C=C\C/C=C\CCCCC(=O)O[C@@H](COC(=O)CCCCCCCCC/C=C\C/C=C\CCCCC)COC(=O)CCCCCCCCCCCCCCCCC. The van der Waals surface area contributed by atoms with Gasteiger partial charge in [0.2, 0.25) is 0 Å². The number of carbonyl (C=O) groups is 3. The molecule has 0 spiro atoms. The lowest BCUT2D eigenvalue weighted by Gasteiger charge is -2.18. The number of rotatable bonds is 49. The largest absolute Gasteiger partial charge is 0.462 e. The standard InChI is InChI=1S/C59H102O6/c1-4-7-10-13-16-19-22-25-28-29-32-34-37-40-43-46-49-52-58(61)64-55-56(65-59(62)53-50-47-44-41-38-35-31-27-24-21-18-15-12-9-6-3)54-63-57(60)51-48-45-42-39-36-33-30-26-23-20-17-14-11-8-5-2/h9,12,16,18-19,21,25,27-28,31,38,41,56H,4-8,10-11,13-15,17,20,22-24,26,29-30,32-37,39-40,42-55H2,1-3H3/b12-9-,19-16-,21-18-,28-25-,31-27-,41-38-/t56-/m1/s1. The van der Waals surface area contributed by atoms with Crippen LogP contribution in [0.25, 0.3) is 0 Å². The average molecular weight is 907 g/mol. The van der Waals surface area contributed by atoms with Crippen molar-refractivity contribution in [1.82, 2.24) is 0 Å². The first kappa shape index (κ1) is 61.9. The summed E-state index contributed by atoms with van der Waals surface area (Å²) in [5, 5.41) is 0. The van der Waals surface area contributed by atoms with Crippen LogP contribution < -0.4 is 0 Å². The van der Waals surface area contributed by atoms with E-state index >= 15 is 0 Å². The van der Waals surface area contributed by atoms with Crippen molar-refractivity contribution >= 4 is 17.9 Å². The van der Waals surface area contributed by atoms with E-state index in [-0.39, 0.29) is 37.5 Å². The van der Waals surface area contributed by atoms with Crippen LogP contribution in [-0.2, 0) is 28.6 Å². The maximum atomic E-state index is 12.8. The molecule has 0 bridgehead atoms. The molecule has 0 saturated carbocycles. The molecule has 0 N–H and O–H groups in total. The number of esters is 3. The minimum absolute atomic E-state index is 0.0927. The second-order valence-corrected chi connectivity index (χ2v) is 18.1. The molecule has 0 rings (SSSR count). The van der Waals surface area contributed by atoms with Gasteiger partial charge in [-0.2, -0.15) is 0 Å². The lowest BCUT2D eigenvalue weighted by Crippen LogP contribution is -2.30. The van der Waals surface area contributed by atoms with Gasteiger partial charge in [0.05, 0.1) is 0 Å². The lowest BCUT2D eigenvalue weighted by molar-refractivity contribution is -0.167. The van der Waals surface area contributed by atoms with Crippen molar-refractivity contribution in [2.75, 3.05) is 13.2 Å². The van der Waals surface area contributed by atoms with Crippen LogP contribution >= 0.6 is 0 Å². The zero-order chi connectivity index (χ0) is 47.2. The fraction of sp³-hybridized carbons (Fsp3) is 0.746. The molecule has 374 valence electrons. The van der Waals surface area contributed by atoms with Crippen LogP contribution in [0.3, 0.4) is 0 Å². The van der Waals surface area contributed by atoms with Gasteiger partial charge in [-0.05, 0) is 89.9 Å². The smallest absolute Gasteiger partial charge is 0.306 e. The molecule has 0 unspecified atom stereocenters. The van der Waals surface area contributed by atoms with Gasteiger partial charge in [0, 0.05) is 19.3 Å². The molecule has 0 aromatic rings. The van der Waals surface area contributed by atoms with Crippen LogP contribution in [0.4, 0.5) is 0 Å². The molecule has 0 aliphatic heterocycles. The summed E-state index contributed by atoms with van der Waals surface area (Å²) in [6.07, 6.45) is 67.4. The van der Waals surface area contributed by atoms with E-state index in [1.54, 1.807) is 0 Å². The molecule has 0 amide bonds. The number of carbonyl (C=O) groups excluding carboxylic acids is 3. The first-order valence-electron chi connectivity index (χ1n) is 27.4. The fourth-order valence-corrected chi connectivity index (χ4v) is 7.58. The zero-order valence-electron chi connectivity index (χ0n) is 42.7. The Balaban J connectivity index is 4.44. The molecule has 0 aromatic heterocycles. The second kappa shape index (κ2) is 53.5. The van der Waals surface area contributed by atoms with Gasteiger partial charge in [-0.15, -0.1) is 0 Å². The topological polar surface area (TPSA) is 78.9 Å². The third-order valence-electron chi connectivity index (χ3n) is 11.7. The van der Waals surface area contributed by atoms with Crippen LogP contribution in [-0.4, -0.2) is 37.2 Å². The quantitative estimate of drug-likeness (QED) is 0.0262. The minimum atomic E-state index is -0.798. The Labute approximate surface area is 402 Å². The van der Waals surface area contributed by atoms with E-state index in [1.807, 2.05) is 0 Å². The van der Waals surface area contributed by atoms with Gasteiger partial charge < -0.3 is 14.2 Å². The number of unbranched alkanes of at least 4 members (excludes halogenated alkanes) is 26. The highest BCUT2D eigenvalue weighted by molar-refractivity contribution is 5.71. The Bertz CT molecular complexity index is 1230. The normalized spacial score (nSPS) is 12.6. The van der Waals surface area contributed by atoms with Crippen LogP contribution in [0.1, 0.15) is 265 Å².